The first-order chi connectivity index (χ1) is 13.8. The van der Waals surface area contributed by atoms with Crippen molar-refractivity contribution < 1.29 is 8.85 Å². The fraction of sp³-hybridized carbons (Fsp3) is 0.316. The zero-order chi connectivity index (χ0) is 20.6. The number of anilines is 1. The molecule has 1 saturated carbocycles. The number of nitrogens with one attached hydrogen (secondary N) is 1. The second-order valence-electron chi connectivity index (χ2n) is 6.19. The van der Waals surface area contributed by atoms with Crippen LogP contribution < -0.4 is 10.1 Å². The quantitative estimate of drug-likeness (QED) is 0.478. The first-order valence-electron chi connectivity index (χ1n) is 9.77. The number of thioether (sulfide) groups is 1. The lowest BCUT2D eigenvalue weighted by molar-refractivity contribution is 0.415. The third kappa shape index (κ3) is 3.44. The van der Waals surface area contributed by atoms with Crippen LogP contribution in [0.15, 0.2) is 35.6 Å². The number of pyridine rings is 1. The van der Waals surface area contributed by atoms with Crippen LogP contribution in [0.25, 0.3) is 22.2 Å². The van der Waals surface area contributed by atoms with Gasteiger partial charge in [-0.15, -0.1) is 0 Å². The van der Waals surface area contributed by atoms with Gasteiger partial charge in [0.25, 0.3) is 0 Å². The van der Waals surface area contributed by atoms with Gasteiger partial charge >= 0.3 is 0 Å². The van der Waals surface area contributed by atoms with Crippen LogP contribution in [0.2, 0.25) is 5.02 Å². The van der Waals surface area contributed by atoms with Gasteiger partial charge in [0.05, 0.1) is 21.9 Å². The van der Waals surface area contributed by atoms with Crippen molar-refractivity contribution in [2.75, 3.05) is 25.2 Å². The summed E-state index contributed by atoms with van der Waals surface area (Å²) in [5.74, 6) is 1.42. The number of halogens is 1. The summed E-state index contributed by atoms with van der Waals surface area (Å²) in [6, 6.07) is 6.85. The van der Waals surface area contributed by atoms with E-state index in [0.717, 1.165) is 17.4 Å². The largest absolute Gasteiger partial charge is 0.495 e. The van der Waals surface area contributed by atoms with Gasteiger partial charge in [0, 0.05) is 23.7 Å². The Labute approximate surface area is 165 Å². The summed E-state index contributed by atoms with van der Waals surface area (Å²) in [6.45, 7) is 0.833. The minimum Gasteiger partial charge on any atom is -0.495 e. The van der Waals surface area contributed by atoms with Gasteiger partial charge in [0.15, 0.2) is 11.0 Å². The molecule has 3 aromatic rings. The van der Waals surface area contributed by atoms with Gasteiger partial charge in [0.2, 0.25) is 0 Å². The van der Waals surface area contributed by atoms with E-state index in [1.807, 2.05) is 12.3 Å². The average molecular weight is 390 g/mol. The molecule has 1 aliphatic carbocycles. The molecule has 4 rings (SSSR count). The van der Waals surface area contributed by atoms with E-state index < -0.39 is 7.04 Å². The van der Waals surface area contributed by atoms with E-state index in [9.17, 15) is 0 Å². The van der Waals surface area contributed by atoms with E-state index in [2.05, 4.69) is 15.3 Å². The third-order valence-corrected chi connectivity index (χ3v) is 5.28. The fourth-order valence-corrected chi connectivity index (χ4v) is 3.34. The summed E-state index contributed by atoms with van der Waals surface area (Å²) in [5.41, 5.74) is 1.93. The molecular weight excluding hydrogens is 368 g/mol. The lowest BCUT2D eigenvalue weighted by Gasteiger charge is -2.13. The number of benzene rings is 1. The molecule has 0 bridgehead atoms. The van der Waals surface area contributed by atoms with E-state index >= 15 is 0 Å². The molecule has 0 saturated heterocycles. The molecule has 0 radical (unpaired) electrons. The molecule has 2 aromatic heterocycles. The summed E-state index contributed by atoms with van der Waals surface area (Å²) in [5, 5.41) is 5.10. The van der Waals surface area contributed by atoms with Crippen LogP contribution in [0.5, 0.6) is 5.75 Å². The highest BCUT2D eigenvalue weighted by Gasteiger charge is 2.22. The maximum atomic E-state index is 7.33. The van der Waals surface area contributed by atoms with Crippen LogP contribution in [0.3, 0.4) is 0 Å². The first-order valence-corrected chi connectivity index (χ1v) is 9.88. The Morgan fingerprint density at radius 3 is 3.04 bits per heavy atom. The van der Waals surface area contributed by atoms with E-state index in [1.165, 1.54) is 30.7 Å². The molecule has 7 heteroatoms. The molecule has 0 aliphatic heterocycles. The molecule has 134 valence electrons. The van der Waals surface area contributed by atoms with Gasteiger partial charge in [0.1, 0.15) is 11.3 Å². The van der Waals surface area contributed by atoms with Crippen LogP contribution in [0.1, 0.15) is 17.0 Å². The van der Waals surface area contributed by atoms with Crippen LogP contribution in [-0.4, -0.2) is 34.8 Å². The van der Waals surface area contributed by atoms with Crippen molar-refractivity contribution in [2.45, 2.75) is 18.0 Å². The fourth-order valence-electron chi connectivity index (χ4n) is 2.73. The molecule has 0 atom stereocenters. The van der Waals surface area contributed by atoms with Crippen molar-refractivity contribution in [2.24, 2.45) is 5.92 Å². The van der Waals surface area contributed by atoms with Crippen molar-refractivity contribution in [1.82, 2.24) is 15.0 Å². The summed E-state index contributed by atoms with van der Waals surface area (Å²) in [6.07, 6.45) is 6.13. The van der Waals surface area contributed by atoms with E-state index in [4.69, 9.17) is 25.4 Å². The Balaban J connectivity index is 1.80. The summed E-state index contributed by atoms with van der Waals surface area (Å²) in [7, 11) is -2.59. The minimum atomic E-state index is -2.59. The molecule has 5 nitrogen and oxygen atoms in total. The maximum absolute atomic E-state index is 7.33. The highest BCUT2D eigenvalue weighted by molar-refractivity contribution is 7.98. The van der Waals surface area contributed by atoms with Crippen LogP contribution in [0, 0.1) is 5.92 Å². The Hall–Kier alpha value is -2.05. The number of aromatic nitrogens is 3. The number of hydrogen-bond donors (Lipinski definition) is 1. The predicted molar refractivity (Wildman–Crippen MR) is 107 cm³/mol. The van der Waals surface area contributed by atoms with Gasteiger partial charge in [-0.25, -0.2) is 15.0 Å². The lowest BCUT2D eigenvalue weighted by Crippen LogP contribution is -2.07. The molecule has 0 amide bonds. The molecule has 2 heterocycles. The van der Waals surface area contributed by atoms with E-state index in [-0.39, 0.29) is 10.8 Å². The second kappa shape index (κ2) is 7.29. The summed E-state index contributed by atoms with van der Waals surface area (Å²) >= 11 is 7.94. The Morgan fingerprint density at radius 1 is 1.38 bits per heavy atom. The number of hydrogen-bond acceptors (Lipinski definition) is 6. The van der Waals surface area contributed by atoms with E-state index in [0.29, 0.717) is 28.1 Å². The molecule has 1 aliphatic rings. The lowest BCUT2D eigenvalue weighted by atomic mass is 10.1. The number of rotatable bonds is 6. The Morgan fingerprint density at radius 2 is 2.27 bits per heavy atom. The smallest absolute Gasteiger partial charge is 0.187 e. The van der Waals surface area contributed by atoms with Crippen molar-refractivity contribution in [3.05, 3.63) is 35.5 Å². The second-order valence-corrected chi connectivity index (χ2v) is 7.35. The third-order valence-electron chi connectivity index (χ3n) is 4.33. The van der Waals surface area contributed by atoms with Crippen LogP contribution in [0.4, 0.5) is 5.82 Å². The van der Waals surface area contributed by atoms with Crippen molar-refractivity contribution in [3.63, 3.8) is 0 Å². The van der Waals surface area contributed by atoms with Gasteiger partial charge in [-0.2, -0.15) is 0 Å². The van der Waals surface area contributed by atoms with Gasteiger partial charge in [-0.1, -0.05) is 35.5 Å². The summed E-state index contributed by atoms with van der Waals surface area (Å²) in [4.78, 5) is 13.7. The van der Waals surface area contributed by atoms with Crippen LogP contribution >= 0.6 is 23.4 Å². The number of methoxy groups -OCH3 is 1. The molecule has 1 fully saturated rings. The number of fused-ring (bicyclic) bond motifs is 1. The zero-order valence-corrected chi connectivity index (χ0v) is 15.7. The summed E-state index contributed by atoms with van der Waals surface area (Å²) < 4.78 is 27.0. The van der Waals surface area contributed by atoms with Gasteiger partial charge in [-0.3, -0.25) is 0 Å². The van der Waals surface area contributed by atoms with Crippen molar-refractivity contribution >= 4 is 40.1 Å². The zero-order valence-electron chi connectivity index (χ0n) is 17.1. The SMILES string of the molecule is [2H]C([2H])([2H])Oc1cccc(-c2cc3cnc(SC)nc3c(NCC3CC3)n2)c1Cl. The Bertz CT molecular complexity index is 1060. The number of ether oxygens (including phenoxy) is 1. The standard InChI is InChI=1S/C19H19ClN4OS/c1-25-15-5-3-4-13(16(15)20)14-8-12-10-22-19(26-2)24-17(12)18(23-14)21-9-11-6-7-11/h3-5,8,10-11H,6-7,9H2,1-2H3,(H,21,23)/i1D3. The van der Waals surface area contributed by atoms with Crippen LogP contribution in [-0.2, 0) is 0 Å². The number of nitrogens with zero attached hydrogens (tertiary/aromatic N) is 3. The minimum absolute atomic E-state index is 0.0903. The molecule has 1 aromatic carbocycles. The normalized spacial score (nSPS) is 16.0. The molecule has 0 spiro atoms. The highest BCUT2D eigenvalue weighted by Crippen LogP contribution is 2.37. The molecular formula is C19H19ClN4OS. The Kier molecular flexibility index (Phi) is 3.94. The topological polar surface area (TPSA) is 59.9 Å². The van der Waals surface area contributed by atoms with Gasteiger partial charge in [-0.05, 0) is 37.1 Å². The predicted octanol–water partition coefficient (Wildman–Crippen LogP) is 4.90. The average Bonchev–Trinajstić information content (AvgIpc) is 3.50. The molecule has 26 heavy (non-hydrogen) atoms. The van der Waals surface area contributed by atoms with Crippen molar-refractivity contribution in [3.8, 4) is 17.0 Å². The molecule has 1 N–H and O–H groups in total. The van der Waals surface area contributed by atoms with Crippen molar-refractivity contribution in [1.29, 1.82) is 0 Å². The molecule has 0 unspecified atom stereocenters. The van der Waals surface area contributed by atoms with Gasteiger partial charge < -0.3 is 10.1 Å². The first kappa shape index (κ1) is 14.1. The monoisotopic (exact) mass is 389 g/mol. The highest BCUT2D eigenvalue weighted by atomic mass is 35.5. The maximum Gasteiger partial charge on any atom is 0.187 e. The van der Waals surface area contributed by atoms with E-state index in [1.54, 1.807) is 18.3 Å².